The first-order chi connectivity index (χ1) is 13.3. The summed E-state index contributed by atoms with van der Waals surface area (Å²) in [6.45, 7) is 0.127. The van der Waals surface area contributed by atoms with Crippen molar-refractivity contribution in [2.24, 2.45) is 0 Å². The van der Waals surface area contributed by atoms with Crippen molar-refractivity contribution >= 4 is 17.3 Å². The number of nitro benzene ring substituents is 1. The molecule has 3 rings (SSSR count). The number of nitrogens with one attached hydrogen (secondary N) is 1. The zero-order chi connectivity index (χ0) is 20.3. The van der Waals surface area contributed by atoms with Gasteiger partial charge in [0.15, 0.2) is 0 Å². The molecule has 1 N–H and O–H groups in total. The maximum atomic E-state index is 13.4. The molecule has 2 aromatic carbocycles. The number of aromatic nitrogens is 1. The fourth-order valence-electron chi connectivity index (χ4n) is 2.55. The van der Waals surface area contributed by atoms with E-state index < -0.39 is 33.7 Å². The average Bonchev–Trinajstić information content (AvgIpc) is 2.66. The van der Waals surface area contributed by atoms with Crippen molar-refractivity contribution in [1.29, 1.82) is 0 Å². The van der Waals surface area contributed by atoms with Crippen molar-refractivity contribution in [3.8, 4) is 0 Å². The third-order valence-electron chi connectivity index (χ3n) is 3.93. The maximum absolute atomic E-state index is 13.4. The number of halogens is 2. The molecule has 0 spiro atoms. The number of carbonyl (C=O) groups excluding carboxylic acids is 1. The molecule has 0 bridgehead atoms. The van der Waals surface area contributed by atoms with Crippen LogP contribution in [0.3, 0.4) is 0 Å². The molecular weight excluding hydrogens is 372 g/mol. The minimum absolute atomic E-state index is 0.0218. The van der Waals surface area contributed by atoms with Gasteiger partial charge in [-0.1, -0.05) is 12.1 Å². The zero-order valence-corrected chi connectivity index (χ0v) is 14.3. The van der Waals surface area contributed by atoms with E-state index in [0.717, 1.165) is 18.2 Å². The van der Waals surface area contributed by atoms with Gasteiger partial charge in [0.2, 0.25) is 5.82 Å². The van der Waals surface area contributed by atoms with E-state index in [4.69, 9.17) is 0 Å². The molecule has 0 aliphatic carbocycles. The van der Waals surface area contributed by atoms with Crippen LogP contribution in [0.25, 0.3) is 0 Å². The number of amides is 1. The van der Waals surface area contributed by atoms with Crippen LogP contribution in [0.5, 0.6) is 0 Å². The summed E-state index contributed by atoms with van der Waals surface area (Å²) in [5, 5.41) is 13.1. The van der Waals surface area contributed by atoms with Crippen LogP contribution in [0.15, 0.2) is 65.6 Å². The van der Waals surface area contributed by atoms with Gasteiger partial charge in [0.05, 0.1) is 11.5 Å². The Bertz CT molecular complexity index is 1110. The molecule has 142 valence electrons. The van der Waals surface area contributed by atoms with Gasteiger partial charge >= 0.3 is 5.69 Å². The maximum Gasteiger partial charge on any atom is 0.306 e. The first-order valence-corrected chi connectivity index (χ1v) is 8.04. The third-order valence-corrected chi connectivity index (χ3v) is 3.93. The van der Waals surface area contributed by atoms with Crippen LogP contribution in [0, 0.1) is 21.7 Å². The molecule has 0 fully saturated rings. The Hall–Kier alpha value is -3.88. The van der Waals surface area contributed by atoms with Crippen LogP contribution >= 0.6 is 0 Å². The normalized spacial score (nSPS) is 10.5. The molecule has 7 nitrogen and oxygen atoms in total. The smallest absolute Gasteiger partial charge is 0.306 e. The molecule has 9 heteroatoms. The first-order valence-electron chi connectivity index (χ1n) is 8.04. The Balaban J connectivity index is 1.85. The summed E-state index contributed by atoms with van der Waals surface area (Å²) in [5.41, 5.74) is -0.946. The first kappa shape index (κ1) is 18.9. The predicted octanol–water partition coefficient (Wildman–Crippen LogP) is 3.34. The molecular formula is C19H13F2N3O4. The van der Waals surface area contributed by atoms with E-state index in [1.165, 1.54) is 47.2 Å². The Morgan fingerprint density at radius 2 is 1.82 bits per heavy atom. The molecule has 3 aromatic rings. The predicted molar refractivity (Wildman–Crippen MR) is 97.2 cm³/mol. The van der Waals surface area contributed by atoms with Crippen LogP contribution < -0.4 is 10.9 Å². The van der Waals surface area contributed by atoms with Gasteiger partial charge in [-0.25, -0.2) is 4.39 Å². The Kier molecular flexibility index (Phi) is 5.25. The lowest BCUT2D eigenvalue weighted by molar-refractivity contribution is -0.387. The molecule has 0 aliphatic rings. The number of pyridine rings is 1. The largest absolute Gasteiger partial charge is 0.322 e. The quantitative estimate of drug-likeness (QED) is 0.538. The molecule has 28 heavy (non-hydrogen) atoms. The van der Waals surface area contributed by atoms with Crippen LogP contribution in [0.4, 0.5) is 20.2 Å². The molecule has 1 heterocycles. The van der Waals surface area contributed by atoms with Gasteiger partial charge in [-0.15, -0.1) is 0 Å². The van der Waals surface area contributed by atoms with Gasteiger partial charge in [0.1, 0.15) is 11.4 Å². The number of rotatable bonds is 5. The van der Waals surface area contributed by atoms with Gasteiger partial charge in [0, 0.05) is 18.0 Å². The van der Waals surface area contributed by atoms with E-state index in [1.54, 1.807) is 0 Å². The lowest BCUT2D eigenvalue weighted by atomic mass is 10.2. The molecule has 1 amide bonds. The summed E-state index contributed by atoms with van der Waals surface area (Å²) >= 11 is 0. The second-order valence-electron chi connectivity index (χ2n) is 5.86. The molecule has 0 unspecified atom stereocenters. The van der Waals surface area contributed by atoms with E-state index in [-0.39, 0.29) is 17.8 Å². The third kappa shape index (κ3) is 4.09. The van der Waals surface area contributed by atoms with E-state index in [1.807, 2.05) is 0 Å². The molecule has 0 saturated heterocycles. The van der Waals surface area contributed by atoms with Crippen molar-refractivity contribution in [1.82, 2.24) is 4.57 Å². The highest BCUT2D eigenvalue weighted by Crippen LogP contribution is 2.21. The Morgan fingerprint density at radius 3 is 2.50 bits per heavy atom. The number of carbonyl (C=O) groups is 1. The fourth-order valence-corrected chi connectivity index (χ4v) is 2.55. The highest BCUT2D eigenvalue weighted by molar-refractivity contribution is 6.04. The Labute approximate surface area is 157 Å². The minimum Gasteiger partial charge on any atom is -0.322 e. The highest BCUT2D eigenvalue weighted by Gasteiger charge is 2.17. The summed E-state index contributed by atoms with van der Waals surface area (Å²) in [6, 6.07) is 11.2. The van der Waals surface area contributed by atoms with Gasteiger partial charge in [-0.2, -0.15) is 4.39 Å². The van der Waals surface area contributed by atoms with Crippen LogP contribution in [-0.2, 0) is 6.54 Å². The number of hydrogen-bond acceptors (Lipinski definition) is 4. The number of nitrogens with zero attached hydrogens (tertiary/aromatic N) is 2. The van der Waals surface area contributed by atoms with Crippen molar-refractivity contribution in [3.63, 3.8) is 0 Å². The topological polar surface area (TPSA) is 94.2 Å². The van der Waals surface area contributed by atoms with E-state index in [9.17, 15) is 28.5 Å². The molecule has 0 aliphatic heterocycles. The van der Waals surface area contributed by atoms with Crippen LogP contribution in [0.1, 0.15) is 15.9 Å². The molecule has 0 radical (unpaired) electrons. The summed E-state index contributed by atoms with van der Waals surface area (Å²) in [5.74, 6) is -2.23. The number of benzene rings is 2. The van der Waals surface area contributed by atoms with Crippen molar-refractivity contribution in [2.75, 3.05) is 5.32 Å². The fraction of sp³-hybridized carbons (Fsp3) is 0.0526. The highest BCUT2D eigenvalue weighted by atomic mass is 19.1. The molecule has 0 atom stereocenters. The number of anilines is 1. The van der Waals surface area contributed by atoms with Crippen molar-refractivity contribution in [2.45, 2.75) is 6.54 Å². The molecule has 1 aromatic heterocycles. The standard InChI is InChI=1S/C19H13F2N3O4/c20-13-5-3-12(4-6-13)11-23-9-1-2-15(19(23)26)18(25)22-14-7-8-16(21)17(10-14)24(27)28/h1-10H,11H2,(H,22,25). The van der Waals surface area contributed by atoms with Gasteiger partial charge < -0.3 is 9.88 Å². The van der Waals surface area contributed by atoms with E-state index in [0.29, 0.717) is 5.56 Å². The van der Waals surface area contributed by atoms with E-state index in [2.05, 4.69) is 5.32 Å². The van der Waals surface area contributed by atoms with Crippen LogP contribution in [-0.4, -0.2) is 15.4 Å². The SMILES string of the molecule is O=C(Nc1ccc(F)c([N+](=O)[O-])c1)c1cccn(Cc2ccc(F)cc2)c1=O. The zero-order valence-electron chi connectivity index (χ0n) is 14.3. The summed E-state index contributed by atoms with van der Waals surface area (Å²) in [7, 11) is 0. The summed E-state index contributed by atoms with van der Waals surface area (Å²) < 4.78 is 27.7. The van der Waals surface area contributed by atoms with Gasteiger partial charge in [-0.05, 0) is 42.0 Å². The number of hydrogen-bond donors (Lipinski definition) is 1. The van der Waals surface area contributed by atoms with Crippen molar-refractivity contribution < 1.29 is 18.5 Å². The lowest BCUT2D eigenvalue weighted by Crippen LogP contribution is -2.29. The minimum atomic E-state index is -1.04. The lowest BCUT2D eigenvalue weighted by Gasteiger charge is -2.09. The van der Waals surface area contributed by atoms with Crippen molar-refractivity contribution in [3.05, 3.63) is 104 Å². The Morgan fingerprint density at radius 1 is 1.11 bits per heavy atom. The van der Waals surface area contributed by atoms with Crippen LogP contribution in [0.2, 0.25) is 0 Å². The average molecular weight is 385 g/mol. The monoisotopic (exact) mass is 385 g/mol. The second kappa shape index (κ2) is 7.78. The van der Waals surface area contributed by atoms with E-state index >= 15 is 0 Å². The van der Waals surface area contributed by atoms with Gasteiger partial charge in [-0.3, -0.25) is 19.7 Å². The summed E-state index contributed by atoms with van der Waals surface area (Å²) in [4.78, 5) is 34.9. The molecule has 0 saturated carbocycles. The second-order valence-corrected chi connectivity index (χ2v) is 5.86. The number of nitro groups is 1. The summed E-state index contributed by atoms with van der Waals surface area (Å²) in [6.07, 6.45) is 1.48. The van der Waals surface area contributed by atoms with Gasteiger partial charge in [0.25, 0.3) is 11.5 Å².